The summed E-state index contributed by atoms with van der Waals surface area (Å²) in [5, 5.41) is 3.40. The summed E-state index contributed by atoms with van der Waals surface area (Å²) < 4.78 is 6.32. The number of nitrogens with one attached hydrogen (secondary N) is 1. The van der Waals surface area contributed by atoms with Gasteiger partial charge in [0.25, 0.3) is 0 Å². The van der Waals surface area contributed by atoms with Gasteiger partial charge in [-0.2, -0.15) is 0 Å². The average Bonchev–Trinajstić information content (AvgIpc) is 2.23. The second-order valence-corrected chi connectivity index (χ2v) is 4.21. The third-order valence-corrected chi connectivity index (χ3v) is 3.19. The number of pyridine rings is 1. The molecule has 4 heteroatoms. The molecule has 0 aromatic carbocycles. The highest BCUT2D eigenvalue weighted by molar-refractivity contribution is 9.10. The molecule has 0 amide bonds. The lowest BCUT2D eigenvalue weighted by Crippen LogP contribution is -2.34. The molecular weight excluding hydrogens is 244 g/mol. The van der Waals surface area contributed by atoms with E-state index < -0.39 is 0 Å². The molecule has 0 unspecified atom stereocenters. The van der Waals surface area contributed by atoms with E-state index in [1.165, 1.54) is 5.56 Å². The Balaban J connectivity index is 2.18. The second kappa shape index (κ2) is 4.38. The van der Waals surface area contributed by atoms with Crippen LogP contribution < -0.4 is 5.32 Å². The van der Waals surface area contributed by atoms with Crippen molar-refractivity contribution in [1.29, 1.82) is 0 Å². The van der Waals surface area contributed by atoms with Gasteiger partial charge in [0, 0.05) is 12.7 Å². The third kappa shape index (κ3) is 2.13. The number of morpholine rings is 1. The minimum atomic E-state index is 0.294. The van der Waals surface area contributed by atoms with Crippen molar-refractivity contribution in [3.8, 4) is 0 Å². The Morgan fingerprint density at radius 2 is 2.50 bits per heavy atom. The second-order valence-electron chi connectivity index (χ2n) is 3.46. The fraction of sp³-hybridized carbons (Fsp3) is 0.500. The quantitative estimate of drug-likeness (QED) is 0.779. The van der Waals surface area contributed by atoms with Crippen molar-refractivity contribution in [1.82, 2.24) is 10.3 Å². The van der Waals surface area contributed by atoms with E-state index in [9.17, 15) is 0 Å². The minimum absolute atomic E-state index is 0.294. The van der Waals surface area contributed by atoms with Crippen LogP contribution in [0.25, 0.3) is 0 Å². The highest BCUT2D eigenvalue weighted by Crippen LogP contribution is 2.19. The van der Waals surface area contributed by atoms with Crippen LogP contribution in [-0.4, -0.2) is 24.7 Å². The van der Waals surface area contributed by atoms with Crippen molar-refractivity contribution in [3.05, 3.63) is 28.0 Å². The molecule has 1 aliphatic rings. The Morgan fingerprint density at radius 1 is 1.64 bits per heavy atom. The minimum Gasteiger partial charge on any atom is -0.378 e. The highest BCUT2D eigenvalue weighted by Gasteiger charge is 2.15. The predicted octanol–water partition coefficient (Wildman–Crippen LogP) is 1.81. The first-order chi connectivity index (χ1) is 6.77. The number of aromatic nitrogens is 1. The van der Waals surface area contributed by atoms with Crippen LogP contribution in [0.2, 0.25) is 0 Å². The van der Waals surface area contributed by atoms with Crippen LogP contribution in [0.3, 0.4) is 0 Å². The Labute approximate surface area is 92.0 Å². The summed E-state index contributed by atoms with van der Waals surface area (Å²) in [4.78, 5) is 4.27. The fourth-order valence-corrected chi connectivity index (χ4v) is 1.77. The van der Waals surface area contributed by atoms with Crippen molar-refractivity contribution in [3.63, 3.8) is 0 Å². The molecule has 14 heavy (non-hydrogen) atoms. The SMILES string of the molecule is Cc1cc([C@@H]2COCCN2)cnc1Br. The maximum absolute atomic E-state index is 5.40. The number of rotatable bonds is 1. The van der Waals surface area contributed by atoms with Crippen LogP contribution in [0.5, 0.6) is 0 Å². The molecule has 0 aliphatic carbocycles. The third-order valence-electron chi connectivity index (χ3n) is 2.36. The van der Waals surface area contributed by atoms with Crippen LogP contribution in [-0.2, 0) is 4.74 Å². The molecule has 2 heterocycles. The van der Waals surface area contributed by atoms with Crippen LogP contribution in [0.15, 0.2) is 16.9 Å². The zero-order valence-electron chi connectivity index (χ0n) is 8.09. The van der Waals surface area contributed by atoms with Gasteiger partial charge in [-0.1, -0.05) is 6.07 Å². The molecule has 76 valence electrons. The lowest BCUT2D eigenvalue weighted by molar-refractivity contribution is 0.0767. The summed E-state index contributed by atoms with van der Waals surface area (Å²) in [6, 6.07) is 2.44. The van der Waals surface area contributed by atoms with Crippen LogP contribution >= 0.6 is 15.9 Å². The largest absolute Gasteiger partial charge is 0.378 e. The maximum atomic E-state index is 5.40. The number of hydrogen-bond donors (Lipinski definition) is 1. The molecule has 2 rings (SSSR count). The normalized spacial score (nSPS) is 22.3. The van der Waals surface area contributed by atoms with Gasteiger partial charge in [0.15, 0.2) is 0 Å². The first-order valence-corrected chi connectivity index (χ1v) is 5.50. The van der Waals surface area contributed by atoms with Gasteiger partial charge in [-0.15, -0.1) is 0 Å². The van der Waals surface area contributed by atoms with Gasteiger partial charge in [-0.3, -0.25) is 0 Å². The van der Waals surface area contributed by atoms with Gasteiger partial charge < -0.3 is 10.1 Å². The van der Waals surface area contributed by atoms with Gasteiger partial charge in [-0.05, 0) is 34.0 Å². The molecule has 1 fully saturated rings. The molecular formula is C10H13BrN2O. The lowest BCUT2D eigenvalue weighted by Gasteiger charge is -2.24. The Morgan fingerprint density at radius 3 is 3.14 bits per heavy atom. The van der Waals surface area contributed by atoms with Gasteiger partial charge >= 0.3 is 0 Å². The molecule has 1 aromatic heterocycles. The number of hydrogen-bond acceptors (Lipinski definition) is 3. The summed E-state index contributed by atoms with van der Waals surface area (Å²) >= 11 is 3.39. The first kappa shape index (κ1) is 10.1. The molecule has 1 saturated heterocycles. The van der Waals surface area contributed by atoms with Gasteiger partial charge in [0.05, 0.1) is 19.3 Å². The van der Waals surface area contributed by atoms with Crippen molar-refractivity contribution >= 4 is 15.9 Å². The number of ether oxygens (including phenoxy) is 1. The molecule has 1 N–H and O–H groups in total. The topological polar surface area (TPSA) is 34.1 Å². The van der Waals surface area contributed by atoms with E-state index in [2.05, 4.69) is 32.3 Å². The summed E-state index contributed by atoms with van der Waals surface area (Å²) in [6.07, 6.45) is 1.89. The average molecular weight is 257 g/mol. The van der Waals surface area contributed by atoms with E-state index >= 15 is 0 Å². The number of halogens is 1. The predicted molar refractivity (Wildman–Crippen MR) is 58.2 cm³/mol. The Kier molecular flexibility index (Phi) is 3.15. The smallest absolute Gasteiger partial charge is 0.108 e. The van der Waals surface area contributed by atoms with Crippen LogP contribution in [0.4, 0.5) is 0 Å². The Bertz CT molecular complexity index is 324. The monoisotopic (exact) mass is 256 g/mol. The Hall–Kier alpha value is -0.450. The van der Waals surface area contributed by atoms with Crippen molar-refractivity contribution in [2.75, 3.05) is 19.8 Å². The highest BCUT2D eigenvalue weighted by atomic mass is 79.9. The molecule has 0 saturated carbocycles. The summed E-state index contributed by atoms with van der Waals surface area (Å²) in [7, 11) is 0. The molecule has 0 radical (unpaired) electrons. The van der Waals surface area contributed by atoms with Crippen LogP contribution in [0.1, 0.15) is 17.2 Å². The number of aryl methyl sites for hydroxylation is 1. The number of nitrogens with zero attached hydrogens (tertiary/aromatic N) is 1. The molecule has 0 bridgehead atoms. The van der Waals surface area contributed by atoms with Crippen molar-refractivity contribution in [2.45, 2.75) is 13.0 Å². The molecule has 3 nitrogen and oxygen atoms in total. The molecule has 1 atom stereocenters. The molecule has 1 aliphatic heterocycles. The van der Waals surface area contributed by atoms with Gasteiger partial charge in [-0.25, -0.2) is 4.98 Å². The van der Waals surface area contributed by atoms with E-state index in [0.29, 0.717) is 6.04 Å². The summed E-state index contributed by atoms with van der Waals surface area (Å²) in [5.74, 6) is 0. The lowest BCUT2D eigenvalue weighted by atomic mass is 10.1. The van der Waals surface area contributed by atoms with E-state index in [1.807, 2.05) is 13.1 Å². The van der Waals surface area contributed by atoms with Crippen molar-refractivity contribution < 1.29 is 4.74 Å². The van der Waals surface area contributed by atoms with Gasteiger partial charge in [0.2, 0.25) is 0 Å². The van der Waals surface area contributed by atoms with Crippen molar-refractivity contribution in [2.24, 2.45) is 0 Å². The first-order valence-electron chi connectivity index (χ1n) is 4.70. The van der Waals surface area contributed by atoms with E-state index in [-0.39, 0.29) is 0 Å². The van der Waals surface area contributed by atoms with E-state index in [1.54, 1.807) is 0 Å². The molecule has 0 spiro atoms. The maximum Gasteiger partial charge on any atom is 0.108 e. The standard InChI is InChI=1S/C10H13BrN2O/c1-7-4-8(5-13-10(7)11)9-6-14-3-2-12-9/h4-5,9,12H,2-3,6H2,1H3/t9-/m0/s1. The zero-order chi connectivity index (χ0) is 9.97. The van der Waals surface area contributed by atoms with Gasteiger partial charge in [0.1, 0.15) is 4.60 Å². The summed E-state index contributed by atoms with van der Waals surface area (Å²) in [5.41, 5.74) is 2.36. The molecule has 1 aromatic rings. The van der Waals surface area contributed by atoms with E-state index in [4.69, 9.17) is 4.74 Å². The van der Waals surface area contributed by atoms with Crippen LogP contribution in [0, 0.1) is 6.92 Å². The van der Waals surface area contributed by atoms with E-state index in [0.717, 1.165) is 29.9 Å². The summed E-state index contributed by atoms with van der Waals surface area (Å²) in [6.45, 7) is 4.51. The fourth-order valence-electron chi connectivity index (χ4n) is 1.55. The zero-order valence-corrected chi connectivity index (χ0v) is 9.67.